The summed E-state index contributed by atoms with van der Waals surface area (Å²) in [4.78, 5) is 15.0. The first-order chi connectivity index (χ1) is 14.0. The molecule has 0 fully saturated rings. The van der Waals surface area contributed by atoms with Crippen LogP contribution in [0.25, 0.3) is 22.1 Å². The Kier molecular flexibility index (Phi) is 6.44. The van der Waals surface area contributed by atoms with E-state index in [1.165, 1.54) is 0 Å². The number of unbranched alkanes of at least 4 members (excludes halogenated alkanes) is 1. The minimum Gasteiger partial charge on any atom is -0.507 e. The van der Waals surface area contributed by atoms with Crippen LogP contribution in [-0.4, -0.2) is 37.8 Å². The molecule has 2 aromatic carbocycles. The second-order valence-corrected chi connectivity index (χ2v) is 7.09. The van der Waals surface area contributed by atoms with Gasteiger partial charge in [0.05, 0.1) is 25.3 Å². The van der Waals surface area contributed by atoms with Crippen LogP contribution in [0.2, 0.25) is 0 Å². The van der Waals surface area contributed by atoms with Gasteiger partial charge in [-0.3, -0.25) is 0 Å². The minimum absolute atomic E-state index is 0.121. The van der Waals surface area contributed by atoms with Crippen LogP contribution in [0.5, 0.6) is 17.2 Å². The highest BCUT2D eigenvalue weighted by Gasteiger charge is 2.17. The summed E-state index contributed by atoms with van der Waals surface area (Å²) in [6, 6.07) is 10.4. The number of rotatable bonds is 8. The Morgan fingerprint density at radius 2 is 1.86 bits per heavy atom. The number of methoxy groups -OCH3 is 2. The Bertz CT molecular complexity index is 1060. The third-order valence-corrected chi connectivity index (χ3v) is 5.00. The number of aromatic hydroxyl groups is 1. The van der Waals surface area contributed by atoms with E-state index < -0.39 is 5.63 Å². The van der Waals surface area contributed by atoms with Crippen molar-refractivity contribution in [3.63, 3.8) is 0 Å². The van der Waals surface area contributed by atoms with Crippen molar-refractivity contribution in [2.24, 2.45) is 0 Å². The van der Waals surface area contributed by atoms with Gasteiger partial charge in [-0.25, -0.2) is 4.79 Å². The molecule has 0 aliphatic heterocycles. The fraction of sp³-hybridized carbons (Fsp3) is 0.348. The summed E-state index contributed by atoms with van der Waals surface area (Å²) in [5, 5.41) is 11.1. The molecule has 0 saturated heterocycles. The van der Waals surface area contributed by atoms with Gasteiger partial charge in [-0.05, 0) is 56.4 Å². The first-order valence-electron chi connectivity index (χ1n) is 9.68. The van der Waals surface area contributed by atoms with Crippen LogP contribution < -0.4 is 15.1 Å². The molecule has 0 aliphatic carbocycles. The summed E-state index contributed by atoms with van der Waals surface area (Å²) in [6.45, 7) is 3.53. The van der Waals surface area contributed by atoms with Crippen LogP contribution >= 0.6 is 0 Å². The van der Waals surface area contributed by atoms with Crippen LogP contribution in [0.1, 0.15) is 25.3 Å². The number of ether oxygens (including phenoxy) is 2. The van der Waals surface area contributed by atoms with Gasteiger partial charge in [0.2, 0.25) is 0 Å². The summed E-state index contributed by atoms with van der Waals surface area (Å²) < 4.78 is 16.4. The van der Waals surface area contributed by atoms with Gasteiger partial charge in [-0.15, -0.1) is 0 Å². The van der Waals surface area contributed by atoms with E-state index >= 15 is 0 Å². The highest BCUT2D eigenvalue weighted by atomic mass is 16.5. The molecule has 29 heavy (non-hydrogen) atoms. The summed E-state index contributed by atoms with van der Waals surface area (Å²) in [7, 11) is 5.11. The lowest BCUT2D eigenvalue weighted by atomic mass is 10.0. The van der Waals surface area contributed by atoms with Crippen molar-refractivity contribution in [1.82, 2.24) is 4.90 Å². The van der Waals surface area contributed by atoms with Crippen LogP contribution in [0.15, 0.2) is 45.6 Å². The van der Waals surface area contributed by atoms with Crippen molar-refractivity contribution < 1.29 is 19.0 Å². The fourth-order valence-electron chi connectivity index (χ4n) is 3.37. The molecular weight excluding hydrogens is 370 g/mol. The molecule has 0 aliphatic rings. The number of nitrogens with zero attached hydrogens (tertiary/aromatic N) is 1. The Hall–Kier alpha value is -2.99. The van der Waals surface area contributed by atoms with Gasteiger partial charge in [-0.1, -0.05) is 13.3 Å². The highest BCUT2D eigenvalue weighted by molar-refractivity contribution is 5.86. The van der Waals surface area contributed by atoms with Crippen molar-refractivity contribution in [1.29, 1.82) is 0 Å². The van der Waals surface area contributed by atoms with Gasteiger partial charge in [0, 0.05) is 17.5 Å². The Morgan fingerprint density at radius 1 is 1.07 bits per heavy atom. The number of fused-ring (bicyclic) bond motifs is 1. The van der Waals surface area contributed by atoms with Gasteiger partial charge in [0.15, 0.2) is 0 Å². The molecule has 0 bridgehead atoms. The van der Waals surface area contributed by atoms with Crippen molar-refractivity contribution in [2.45, 2.75) is 26.3 Å². The summed E-state index contributed by atoms with van der Waals surface area (Å²) in [5.41, 5.74) is 1.50. The molecule has 0 spiro atoms. The topological polar surface area (TPSA) is 72.1 Å². The van der Waals surface area contributed by atoms with E-state index in [2.05, 4.69) is 11.8 Å². The van der Waals surface area contributed by atoms with Crippen LogP contribution in [0.4, 0.5) is 0 Å². The zero-order chi connectivity index (χ0) is 21.0. The average Bonchev–Trinajstić information content (AvgIpc) is 2.73. The van der Waals surface area contributed by atoms with Crippen molar-refractivity contribution >= 4 is 11.0 Å². The van der Waals surface area contributed by atoms with E-state index in [0.29, 0.717) is 40.3 Å². The molecule has 0 atom stereocenters. The molecule has 3 rings (SSSR count). The van der Waals surface area contributed by atoms with Gasteiger partial charge in [0.25, 0.3) is 0 Å². The van der Waals surface area contributed by atoms with Crippen LogP contribution in [0.3, 0.4) is 0 Å². The molecule has 154 valence electrons. The number of phenolic OH excluding ortho intramolecular Hbond substituents is 1. The molecule has 1 N–H and O–H groups in total. The van der Waals surface area contributed by atoms with Crippen molar-refractivity contribution in [3.05, 3.63) is 52.4 Å². The van der Waals surface area contributed by atoms with Gasteiger partial charge in [0.1, 0.15) is 22.8 Å². The Morgan fingerprint density at radius 3 is 2.55 bits per heavy atom. The molecular formula is C23H27NO5. The van der Waals surface area contributed by atoms with Crippen LogP contribution in [-0.2, 0) is 6.54 Å². The minimum atomic E-state index is -0.493. The van der Waals surface area contributed by atoms with E-state index in [9.17, 15) is 9.90 Å². The van der Waals surface area contributed by atoms with E-state index in [0.717, 1.165) is 24.8 Å². The standard InChI is InChI=1S/C23H27NO5/c1-5-6-11-24(2)14-19-20(25)9-7-15-12-18(23(26)29-22(15)19)17-13-16(27-3)8-10-21(17)28-4/h7-10,12-13,25H,5-6,11,14H2,1-4H3. The molecule has 1 heterocycles. The second-order valence-electron chi connectivity index (χ2n) is 7.09. The number of hydrogen-bond acceptors (Lipinski definition) is 6. The lowest BCUT2D eigenvalue weighted by molar-refractivity contribution is 0.314. The second kappa shape index (κ2) is 9.01. The van der Waals surface area contributed by atoms with Gasteiger partial charge >= 0.3 is 5.63 Å². The molecule has 1 aromatic heterocycles. The normalized spacial score (nSPS) is 11.2. The Balaban J connectivity index is 2.12. The maximum absolute atomic E-state index is 12.9. The molecule has 0 saturated carbocycles. The molecule has 6 nitrogen and oxygen atoms in total. The summed E-state index contributed by atoms with van der Waals surface area (Å²) in [6.07, 6.45) is 2.15. The molecule has 6 heteroatoms. The molecule has 0 radical (unpaired) electrons. The average molecular weight is 397 g/mol. The summed E-state index contributed by atoms with van der Waals surface area (Å²) in [5.74, 6) is 1.29. The van der Waals surface area contributed by atoms with Crippen molar-refractivity contribution in [2.75, 3.05) is 27.8 Å². The molecule has 3 aromatic rings. The SMILES string of the molecule is CCCCN(C)Cc1c(O)ccc2cc(-c3cc(OC)ccc3OC)c(=O)oc12. The van der Waals surface area contributed by atoms with Gasteiger partial charge < -0.3 is 23.9 Å². The van der Waals surface area contributed by atoms with E-state index in [1.54, 1.807) is 50.6 Å². The Labute approximate surface area is 170 Å². The zero-order valence-electron chi connectivity index (χ0n) is 17.3. The monoisotopic (exact) mass is 397 g/mol. The first-order valence-corrected chi connectivity index (χ1v) is 9.68. The summed E-state index contributed by atoms with van der Waals surface area (Å²) >= 11 is 0. The molecule has 0 amide bonds. The molecule has 0 unspecified atom stereocenters. The maximum atomic E-state index is 12.9. The third kappa shape index (κ3) is 4.38. The first kappa shape index (κ1) is 20.7. The number of hydrogen-bond donors (Lipinski definition) is 1. The smallest absolute Gasteiger partial charge is 0.344 e. The van der Waals surface area contributed by atoms with E-state index in [1.807, 2.05) is 7.05 Å². The lowest BCUT2D eigenvalue weighted by Gasteiger charge is -2.18. The quantitative estimate of drug-likeness (QED) is 0.568. The predicted molar refractivity (Wildman–Crippen MR) is 114 cm³/mol. The number of benzene rings is 2. The van der Waals surface area contributed by atoms with E-state index in [-0.39, 0.29) is 5.75 Å². The van der Waals surface area contributed by atoms with Crippen LogP contribution in [0, 0.1) is 0 Å². The van der Waals surface area contributed by atoms with Gasteiger partial charge in [-0.2, -0.15) is 0 Å². The van der Waals surface area contributed by atoms with E-state index in [4.69, 9.17) is 13.9 Å². The predicted octanol–water partition coefficient (Wildman–Crippen LogP) is 4.41. The van der Waals surface area contributed by atoms with Crippen molar-refractivity contribution in [3.8, 4) is 28.4 Å². The maximum Gasteiger partial charge on any atom is 0.344 e. The third-order valence-electron chi connectivity index (χ3n) is 5.00. The highest BCUT2D eigenvalue weighted by Crippen LogP contribution is 2.35. The fourth-order valence-corrected chi connectivity index (χ4v) is 3.37. The number of phenols is 1. The largest absolute Gasteiger partial charge is 0.507 e. The lowest BCUT2D eigenvalue weighted by Crippen LogP contribution is -2.19. The zero-order valence-corrected chi connectivity index (χ0v) is 17.3.